The van der Waals surface area contributed by atoms with Crippen molar-refractivity contribution >= 4 is 28.9 Å². The predicted molar refractivity (Wildman–Crippen MR) is 69.8 cm³/mol. The number of rotatable bonds is 4. The number of benzene rings is 1. The van der Waals surface area contributed by atoms with Crippen molar-refractivity contribution in [2.24, 2.45) is 0 Å². The summed E-state index contributed by atoms with van der Waals surface area (Å²) in [4.78, 5) is 23.8. The largest absolute Gasteiger partial charge is 0.393 e. The molecule has 1 amide bonds. The first-order valence-electron chi connectivity index (χ1n) is 5.45. The number of nitro groups is 1. The molecule has 0 aliphatic carbocycles. The molecule has 0 aliphatic rings. The lowest BCUT2D eigenvalue weighted by Gasteiger charge is -2.19. The minimum Gasteiger partial charge on any atom is -0.393 e. The topological polar surface area (TPSA) is 89.5 Å². The van der Waals surface area contributed by atoms with E-state index in [9.17, 15) is 14.9 Å². The van der Waals surface area contributed by atoms with E-state index in [0.29, 0.717) is 13.1 Å². The minimum absolute atomic E-state index is 0.0675. The minimum atomic E-state index is -0.653. The molecule has 0 saturated heterocycles. The first-order chi connectivity index (χ1) is 8.42. The third-order valence-corrected chi connectivity index (χ3v) is 2.82. The monoisotopic (exact) mass is 271 g/mol. The van der Waals surface area contributed by atoms with E-state index in [4.69, 9.17) is 17.3 Å². The molecule has 0 saturated carbocycles. The summed E-state index contributed by atoms with van der Waals surface area (Å²) in [7, 11) is 0. The number of carbonyl (C=O) groups is 1. The van der Waals surface area contributed by atoms with Crippen LogP contribution < -0.4 is 5.73 Å². The van der Waals surface area contributed by atoms with Gasteiger partial charge in [0.15, 0.2) is 0 Å². The van der Waals surface area contributed by atoms with Crippen LogP contribution in [-0.4, -0.2) is 28.8 Å². The van der Waals surface area contributed by atoms with Gasteiger partial charge in [-0.05, 0) is 19.9 Å². The lowest BCUT2D eigenvalue weighted by Crippen LogP contribution is -2.31. The number of amides is 1. The van der Waals surface area contributed by atoms with E-state index in [2.05, 4.69) is 0 Å². The number of nitro benzene ring substituents is 1. The zero-order valence-electron chi connectivity index (χ0n) is 10.1. The van der Waals surface area contributed by atoms with Crippen LogP contribution in [0.25, 0.3) is 0 Å². The normalized spacial score (nSPS) is 10.2. The van der Waals surface area contributed by atoms with Crippen molar-refractivity contribution in [3.8, 4) is 0 Å². The van der Waals surface area contributed by atoms with Gasteiger partial charge in [-0.3, -0.25) is 14.9 Å². The molecule has 0 aromatic heterocycles. The summed E-state index contributed by atoms with van der Waals surface area (Å²) in [5, 5.41) is 10.9. The Labute approximate surface area is 109 Å². The van der Waals surface area contributed by atoms with Crippen LogP contribution in [0, 0.1) is 10.1 Å². The maximum absolute atomic E-state index is 12.1. The van der Waals surface area contributed by atoms with Crippen molar-refractivity contribution < 1.29 is 9.72 Å². The van der Waals surface area contributed by atoms with E-state index in [1.165, 1.54) is 11.0 Å². The molecule has 18 heavy (non-hydrogen) atoms. The second-order valence-electron chi connectivity index (χ2n) is 3.62. The fourth-order valence-electron chi connectivity index (χ4n) is 1.61. The van der Waals surface area contributed by atoms with E-state index in [1.807, 2.05) is 13.8 Å². The van der Waals surface area contributed by atoms with Gasteiger partial charge in [-0.15, -0.1) is 0 Å². The van der Waals surface area contributed by atoms with Crippen molar-refractivity contribution in [3.63, 3.8) is 0 Å². The third-order valence-electron chi connectivity index (χ3n) is 2.60. The van der Waals surface area contributed by atoms with E-state index < -0.39 is 4.92 Å². The van der Waals surface area contributed by atoms with Crippen LogP contribution in [0.3, 0.4) is 0 Å². The molecule has 1 rings (SSSR count). The highest BCUT2D eigenvalue weighted by Crippen LogP contribution is 2.30. The van der Waals surface area contributed by atoms with Crippen LogP contribution in [0.5, 0.6) is 0 Å². The fourth-order valence-corrected chi connectivity index (χ4v) is 1.83. The Balaban J connectivity index is 3.32. The van der Waals surface area contributed by atoms with Crippen LogP contribution in [0.4, 0.5) is 11.4 Å². The van der Waals surface area contributed by atoms with Gasteiger partial charge < -0.3 is 10.6 Å². The molecule has 0 atom stereocenters. The molecule has 1 aromatic rings. The van der Waals surface area contributed by atoms with Crippen molar-refractivity contribution in [2.45, 2.75) is 13.8 Å². The van der Waals surface area contributed by atoms with Crippen molar-refractivity contribution in [3.05, 3.63) is 32.8 Å². The van der Waals surface area contributed by atoms with Gasteiger partial charge in [0.25, 0.3) is 11.6 Å². The average molecular weight is 272 g/mol. The summed E-state index contributed by atoms with van der Waals surface area (Å²) in [6, 6.07) is 2.49. The van der Waals surface area contributed by atoms with Gasteiger partial charge >= 0.3 is 0 Å². The summed E-state index contributed by atoms with van der Waals surface area (Å²) in [5.74, 6) is -0.358. The SMILES string of the molecule is CCN(CC)C(=O)c1cc(Cl)cc([N+](=O)[O-])c1N. The Morgan fingerprint density at radius 3 is 2.44 bits per heavy atom. The number of nitrogens with zero attached hydrogens (tertiary/aromatic N) is 2. The van der Waals surface area contributed by atoms with Gasteiger partial charge in [-0.25, -0.2) is 0 Å². The number of nitrogen functional groups attached to an aromatic ring is 1. The number of hydrogen-bond donors (Lipinski definition) is 1. The van der Waals surface area contributed by atoms with Crippen molar-refractivity contribution in [1.82, 2.24) is 4.90 Å². The van der Waals surface area contributed by atoms with Crippen molar-refractivity contribution in [1.29, 1.82) is 0 Å². The van der Waals surface area contributed by atoms with E-state index in [-0.39, 0.29) is 27.9 Å². The first kappa shape index (κ1) is 14.2. The molecule has 0 heterocycles. The Hall–Kier alpha value is -1.82. The zero-order valence-corrected chi connectivity index (χ0v) is 10.9. The highest BCUT2D eigenvalue weighted by Gasteiger charge is 2.23. The molecule has 0 spiro atoms. The smallest absolute Gasteiger partial charge is 0.294 e. The van der Waals surface area contributed by atoms with Crippen LogP contribution >= 0.6 is 11.6 Å². The Morgan fingerprint density at radius 2 is 2.00 bits per heavy atom. The van der Waals surface area contributed by atoms with Gasteiger partial charge in [0, 0.05) is 24.2 Å². The molecule has 1 aromatic carbocycles. The molecule has 0 bridgehead atoms. The van der Waals surface area contributed by atoms with Crippen LogP contribution in [0.1, 0.15) is 24.2 Å². The summed E-state index contributed by atoms with van der Waals surface area (Å²) in [6.07, 6.45) is 0. The van der Waals surface area contributed by atoms with Crippen LogP contribution in [-0.2, 0) is 0 Å². The molecule has 0 aliphatic heterocycles. The number of halogens is 1. The van der Waals surface area contributed by atoms with Gasteiger partial charge in [-0.1, -0.05) is 11.6 Å². The Morgan fingerprint density at radius 1 is 1.44 bits per heavy atom. The molecule has 98 valence electrons. The molecule has 6 nitrogen and oxygen atoms in total. The number of hydrogen-bond acceptors (Lipinski definition) is 4. The summed E-state index contributed by atoms with van der Waals surface area (Å²) >= 11 is 5.77. The molecule has 7 heteroatoms. The molecular formula is C11H14ClN3O3. The molecular weight excluding hydrogens is 258 g/mol. The third kappa shape index (κ3) is 2.70. The van der Waals surface area contributed by atoms with Gasteiger partial charge in [0.1, 0.15) is 5.69 Å². The summed E-state index contributed by atoms with van der Waals surface area (Å²) in [5.41, 5.74) is 5.22. The molecule has 0 radical (unpaired) electrons. The zero-order chi connectivity index (χ0) is 13.9. The van der Waals surface area contributed by atoms with Gasteiger partial charge in [-0.2, -0.15) is 0 Å². The van der Waals surface area contributed by atoms with Crippen molar-refractivity contribution in [2.75, 3.05) is 18.8 Å². The lowest BCUT2D eigenvalue weighted by molar-refractivity contribution is -0.383. The maximum Gasteiger partial charge on any atom is 0.294 e. The van der Waals surface area contributed by atoms with E-state index in [1.54, 1.807) is 0 Å². The van der Waals surface area contributed by atoms with Crippen LogP contribution in [0.15, 0.2) is 12.1 Å². The van der Waals surface area contributed by atoms with E-state index >= 15 is 0 Å². The lowest BCUT2D eigenvalue weighted by atomic mass is 10.1. The second-order valence-corrected chi connectivity index (χ2v) is 4.06. The standard InChI is InChI=1S/C11H14ClN3O3/c1-3-14(4-2)11(16)8-5-7(12)6-9(10(8)13)15(17)18/h5-6H,3-4,13H2,1-2H3. The summed E-state index contributed by atoms with van der Waals surface area (Å²) in [6.45, 7) is 4.62. The molecule has 0 unspecified atom stereocenters. The highest BCUT2D eigenvalue weighted by atomic mass is 35.5. The Kier molecular flexibility index (Phi) is 4.49. The highest BCUT2D eigenvalue weighted by molar-refractivity contribution is 6.31. The molecule has 0 fully saturated rings. The molecule has 2 N–H and O–H groups in total. The van der Waals surface area contributed by atoms with Crippen LogP contribution in [0.2, 0.25) is 5.02 Å². The first-order valence-corrected chi connectivity index (χ1v) is 5.82. The Bertz CT molecular complexity index is 487. The second kappa shape index (κ2) is 5.68. The number of carbonyl (C=O) groups excluding carboxylic acids is 1. The van der Waals surface area contributed by atoms with E-state index in [0.717, 1.165) is 6.07 Å². The maximum atomic E-state index is 12.1. The van der Waals surface area contributed by atoms with Gasteiger partial charge in [0.05, 0.1) is 10.5 Å². The fraction of sp³-hybridized carbons (Fsp3) is 0.364. The average Bonchev–Trinajstić information content (AvgIpc) is 2.32. The number of nitrogens with two attached hydrogens (primary N) is 1. The summed E-state index contributed by atoms with van der Waals surface area (Å²) < 4.78 is 0. The number of anilines is 1. The quantitative estimate of drug-likeness (QED) is 0.517. The predicted octanol–water partition coefficient (Wildman–Crippen LogP) is 2.31. The van der Waals surface area contributed by atoms with Gasteiger partial charge in [0.2, 0.25) is 0 Å².